The Morgan fingerprint density at radius 1 is 1.29 bits per heavy atom. The summed E-state index contributed by atoms with van der Waals surface area (Å²) in [7, 11) is 0. The summed E-state index contributed by atoms with van der Waals surface area (Å²) in [5, 5.41) is 2.73. The average molecular weight is 298 g/mol. The van der Waals surface area contributed by atoms with E-state index in [2.05, 4.69) is 10.2 Å². The summed E-state index contributed by atoms with van der Waals surface area (Å²) in [5.74, 6) is -1.95. The summed E-state index contributed by atoms with van der Waals surface area (Å²) >= 11 is 0. The van der Waals surface area contributed by atoms with Crippen molar-refractivity contribution in [2.45, 2.75) is 25.9 Å². The van der Waals surface area contributed by atoms with Gasteiger partial charge in [0.05, 0.1) is 18.8 Å². The number of nitrogens with one attached hydrogen (secondary N) is 1. The second-order valence-electron chi connectivity index (χ2n) is 5.28. The number of nitrogens with zero attached hydrogens (tertiary/aromatic N) is 1. The molecule has 1 aromatic rings. The van der Waals surface area contributed by atoms with Gasteiger partial charge in [0.15, 0.2) is 0 Å². The van der Waals surface area contributed by atoms with Crippen LogP contribution in [0.25, 0.3) is 0 Å². The van der Waals surface area contributed by atoms with Gasteiger partial charge in [-0.15, -0.1) is 0 Å². The summed E-state index contributed by atoms with van der Waals surface area (Å²) in [6, 6.07) is 2.77. The molecule has 0 aromatic heterocycles. The molecule has 4 nitrogen and oxygen atoms in total. The van der Waals surface area contributed by atoms with E-state index in [-0.39, 0.29) is 17.6 Å². The van der Waals surface area contributed by atoms with Crippen molar-refractivity contribution >= 4 is 5.91 Å². The minimum atomic E-state index is -0.722. The molecule has 21 heavy (non-hydrogen) atoms. The lowest BCUT2D eigenvalue weighted by atomic mass is 10.1. The van der Waals surface area contributed by atoms with E-state index < -0.39 is 17.5 Å². The van der Waals surface area contributed by atoms with Gasteiger partial charge in [-0.2, -0.15) is 0 Å². The van der Waals surface area contributed by atoms with Gasteiger partial charge in [0, 0.05) is 25.2 Å². The van der Waals surface area contributed by atoms with E-state index in [4.69, 9.17) is 4.74 Å². The number of benzene rings is 1. The maximum absolute atomic E-state index is 13.6. The van der Waals surface area contributed by atoms with E-state index in [1.54, 1.807) is 0 Å². The molecule has 0 aliphatic carbocycles. The van der Waals surface area contributed by atoms with Crippen molar-refractivity contribution in [1.82, 2.24) is 10.2 Å². The van der Waals surface area contributed by atoms with E-state index in [1.807, 2.05) is 13.8 Å². The first-order chi connectivity index (χ1) is 9.99. The van der Waals surface area contributed by atoms with Crippen LogP contribution in [-0.2, 0) is 4.74 Å². The second kappa shape index (κ2) is 6.95. The maximum atomic E-state index is 13.6. The summed E-state index contributed by atoms with van der Waals surface area (Å²) in [6.07, 6.45) is 0. The van der Waals surface area contributed by atoms with Gasteiger partial charge in [0.25, 0.3) is 5.91 Å². The molecule has 1 amide bonds. The molecule has 6 heteroatoms. The van der Waals surface area contributed by atoms with Crippen LogP contribution in [0.5, 0.6) is 0 Å². The lowest BCUT2D eigenvalue weighted by Gasteiger charge is -2.35. The second-order valence-corrected chi connectivity index (χ2v) is 5.28. The number of carbonyl (C=O) groups is 1. The van der Waals surface area contributed by atoms with Crippen LogP contribution in [0.4, 0.5) is 8.78 Å². The first-order valence-electron chi connectivity index (χ1n) is 7.06. The molecular formula is C15H20F2N2O2. The van der Waals surface area contributed by atoms with Gasteiger partial charge in [-0.25, -0.2) is 8.78 Å². The molecule has 0 radical (unpaired) electrons. The zero-order chi connectivity index (χ0) is 15.4. The van der Waals surface area contributed by atoms with Crippen LogP contribution in [0.3, 0.4) is 0 Å². The van der Waals surface area contributed by atoms with Crippen molar-refractivity contribution in [3.05, 3.63) is 35.4 Å². The molecule has 1 saturated heterocycles. The molecule has 1 aromatic carbocycles. The van der Waals surface area contributed by atoms with E-state index >= 15 is 0 Å². The molecule has 2 unspecified atom stereocenters. The third kappa shape index (κ3) is 3.98. The first kappa shape index (κ1) is 15.9. The smallest absolute Gasteiger partial charge is 0.254 e. The fraction of sp³-hybridized carbons (Fsp3) is 0.533. The molecule has 0 saturated carbocycles. The van der Waals surface area contributed by atoms with Gasteiger partial charge in [-0.1, -0.05) is 0 Å². The highest BCUT2D eigenvalue weighted by atomic mass is 19.1. The number of rotatable bonds is 4. The van der Waals surface area contributed by atoms with Gasteiger partial charge in [-0.3, -0.25) is 9.69 Å². The lowest BCUT2D eigenvalue weighted by molar-refractivity contribution is 0.0137. The van der Waals surface area contributed by atoms with E-state index in [1.165, 1.54) is 0 Å². The zero-order valence-electron chi connectivity index (χ0n) is 12.2. The minimum Gasteiger partial charge on any atom is -0.379 e. The monoisotopic (exact) mass is 298 g/mol. The molecule has 116 valence electrons. The van der Waals surface area contributed by atoms with E-state index in [9.17, 15) is 13.6 Å². The average Bonchev–Trinajstić information content (AvgIpc) is 2.49. The van der Waals surface area contributed by atoms with Crippen molar-refractivity contribution in [3.63, 3.8) is 0 Å². The topological polar surface area (TPSA) is 41.6 Å². The molecule has 1 fully saturated rings. The van der Waals surface area contributed by atoms with Crippen LogP contribution in [-0.4, -0.2) is 49.2 Å². The molecule has 1 aliphatic heterocycles. The predicted molar refractivity (Wildman–Crippen MR) is 75.1 cm³/mol. The van der Waals surface area contributed by atoms with Crippen LogP contribution >= 0.6 is 0 Å². The molecule has 2 rings (SSSR count). The van der Waals surface area contributed by atoms with Crippen molar-refractivity contribution in [2.75, 3.05) is 26.3 Å². The molecule has 0 bridgehead atoms. The molecule has 1 N–H and O–H groups in total. The number of hydrogen-bond donors (Lipinski definition) is 1. The minimum absolute atomic E-state index is 0.0921. The van der Waals surface area contributed by atoms with Crippen molar-refractivity contribution < 1.29 is 18.3 Å². The molecule has 0 spiro atoms. The number of morpholine rings is 1. The van der Waals surface area contributed by atoms with Crippen molar-refractivity contribution in [2.24, 2.45) is 0 Å². The SMILES string of the molecule is CC(NC(=O)c1cc(F)ccc1F)C(C)N1CCOCC1. The van der Waals surface area contributed by atoms with Crippen LogP contribution in [0, 0.1) is 11.6 Å². The quantitative estimate of drug-likeness (QED) is 0.921. The number of carbonyl (C=O) groups excluding carboxylic acids is 1. The molecule has 2 atom stereocenters. The zero-order valence-corrected chi connectivity index (χ0v) is 12.2. The number of hydrogen-bond acceptors (Lipinski definition) is 3. The summed E-state index contributed by atoms with van der Waals surface area (Å²) in [4.78, 5) is 14.3. The van der Waals surface area contributed by atoms with Crippen molar-refractivity contribution in [1.29, 1.82) is 0 Å². The Morgan fingerprint density at radius 3 is 2.62 bits per heavy atom. The predicted octanol–water partition coefficient (Wildman–Crippen LogP) is 1.80. The fourth-order valence-electron chi connectivity index (χ4n) is 2.38. The number of ether oxygens (including phenoxy) is 1. The molecule has 1 heterocycles. The van der Waals surface area contributed by atoms with E-state index in [0.717, 1.165) is 31.3 Å². The Hall–Kier alpha value is -1.53. The Morgan fingerprint density at radius 2 is 1.95 bits per heavy atom. The summed E-state index contributed by atoms with van der Waals surface area (Å²) in [5.41, 5.74) is -0.268. The maximum Gasteiger partial charge on any atom is 0.254 e. The lowest BCUT2D eigenvalue weighted by Crippen LogP contribution is -2.52. The van der Waals surface area contributed by atoms with E-state index in [0.29, 0.717) is 13.2 Å². The third-order valence-electron chi connectivity index (χ3n) is 3.88. The summed E-state index contributed by atoms with van der Waals surface area (Å²) < 4.78 is 32.0. The van der Waals surface area contributed by atoms with Crippen LogP contribution < -0.4 is 5.32 Å². The van der Waals surface area contributed by atoms with Crippen LogP contribution in [0.15, 0.2) is 18.2 Å². The standard InChI is InChI=1S/C15H20F2N2O2/c1-10(11(2)19-5-7-21-8-6-19)18-15(20)13-9-12(16)3-4-14(13)17/h3-4,9-11H,5-8H2,1-2H3,(H,18,20). The molecule has 1 aliphatic rings. The Bertz CT molecular complexity index is 504. The number of amides is 1. The Kier molecular flexibility index (Phi) is 5.25. The highest BCUT2D eigenvalue weighted by molar-refractivity contribution is 5.94. The van der Waals surface area contributed by atoms with Crippen LogP contribution in [0.1, 0.15) is 24.2 Å². The normalized spacial score (nSPS) is 19.0. The fourth-order valence-corrected chi connectivity index (χ4v) is 2.38. The van der Waals surface area contributed by atoms with Crippen LogP contribution in [0.2, 0.25) is 0 Å². The summed E-state index contributed by atoms with van der Waals surface area (Å²) in [6.45, 7) is 6.80. The third-order valence-corrected chi connectivity index (χ3v) is 3.88. The Labute approximate surface area is 123 Å². The first-order valence-corrected chi connectivity index (χ1v) is 7.06. The van der Waals surface area contributed by atoms with Crippen molar-refractivity contribution in [3.8, 4) is 0 Å². The largest absolute Gasteiger partial charge is 0.379 e. The van der Waals surface area contributed by atoms with Gasteiger partial charge in [0.2, 0.25) is 0 Å². The number of halogens is 2. The highest BCUT2D eigenvalue weighted by Crippen LogP contribution is 2.12. The Balaban J connectivity index is 1.99. The van der Waals surface area contributed by atoms with Gasteiger partial charge < -0.3 is 10.1 Å². The highest BCUT2D eigenvalue weighted by Gasteiger charge is 2.24. The van der Waals surface area contributed by atoms with Gasteiger partial charge in [-0.05, 0) is 32.0 Å². The van der Waals surface area contributed by atoms with Gasteiger partial charge in [0.1, 0.15) is 11.6 Å². The van der Waals surface area contributed by atoms with Gasteiger partial charge >= 0.3 is 0 Å². The molecular weight excluding hydrogens is 278 g/mol.